The van der Waals surface area contributed by atoms with Gasteiger partial charge in [0, 0.05) is 11.3 Å². The molecule has 0 radical (unpaired) electrons. The van der Waals surface area contributed by atoms with Crippen LogP contribution in [0.4, 0.5) is 5.69 Å². The first-order valence-electron chi connectivity index (χ1n) is 10.2. The highest BCUT2D eigenvalue weighted by Gasteiger charge is 2.29. The Morgan fingerprint density at radius 1 is 0.903 bits per heavy atom. The quantitative estimate of drug-likeness (QED) is 0.569. The van der Waals surface area contributed by atoms with Crippen LogP contribution in [0.2, 0.25) is 0 Å². The lowest BCUT2D eigenvalue weighted by Crippen LogP contribution is -2.21. The van der Waals surface area contributed by atoms with E-state index in [4.69, 9.17) is 9.84 Å². The van der Waals surface area contributed by atoms with Crippen LogP contribution in [0.15, 0.2) is 53.1 Å². The van der Waals surface area contributed by atoms with Gasteiger partial charge in [-0.15, -0.1) is 0 Å². The number of benzene rings is 2. The third-order valence-corrected chi connectivity index (χ3v) is 5.75. The van der Waals surface area contributed by atoms with E-state index >= 15 is 0 Å². The minimum Gasteiger partial charge on any atom is -0.497 e. The van der Waals surface area contributed by atoms with Crippen molar-refractivity contribution in [1.82, 2.24) is 9.78 Å². The average Bonchev–Trinajstić information content (AvgIpc) is 3.20. The highest BCUT2D eigenvalue weighted by molar-refractivity contribution is 6.32. The number of hydrogen-bond acceptors (Lipinski definition) is 4. The van der Waals surface area contributed by atoms with Crippen LogP contribution in [0.25, 0.3) is 11.8 Å². The number of anilines is 1. The molecule has 0 bridgehead atoms. The van der Waals surface area contributed by atoms with Crippen molar-refractivity contribution in [2.45, 2.75) is 34.6 Å². The second-order valence-corrected chi connectivity index (χ2v) is 7.82. The molecule has 6 heteroatoms. The number of methoxy groups -OCH3 is 1. The molecule has 6 nitrogen and oxygen atoms in total. The summed E-state index contributed by atoms with van der Waals surface area (Å²) in [6.07, 6.45) is 1.90. The van der Waals surface area contributed by atoms with Crippen molar-refractivity contribution in [3.63, 3.8) is 0 Å². The molecule has 0 unspecified atom stereocenters. The Morgan fingerprint density at radius 3 is 2.23 bits per heavy atom. The molecule has 31 heavy (non-hydrogen) atoms. The Labute approximate surface area is 182 Å². The van der Waals surface area contributed by atoms with Crippen molar-refractivity contribution in [2.75, 3.05) is 12.1 Å². The van der Waals surface area contributed by atoms with E-state index in [-0.39, 0.29) is 5.91 Å². The zero-order valence-electron chi connectivity index (χ0n) is 18.7. The number of rotatable bonds is 4. The number of carbonyl (C=O) groups excluding carboxylic acids is 1. The van der Waals surface area contributed by atoms with E-state index in [1.807, 2.05) is 55.8 Å². The van der Waals surface area contributed by atoms with Crippen molar-refractivity contribution in [3.8, 4) is 11.4 Å². The van der Waals surface area contributed by atoms with Crippen molar-refractivity contribution >= 4 is 23.4 Å². The summed E-state index contributed by atoms with van der Waals surface area (Å²) in [5.41, 5.74) is 8.21. The maximum atomic E-state index is 13.1. The lowest BCUT2D eigenvalue weighted by Gasteiger charge is -2.12. The van der Waals surface area contributed by atoms with Crippen molar-refractivity contribution in [3.05, 3.63) is 76.1 Å². The maximum Gasteiger partial charge on any atom is 0.280 e. The largest absolute Gasteiger partial charge is 0.497 e. The predicted octanol–water partition coefficient (Wildman–Crippen LogP) is 4.92. The molecule has 0 saturated heterocycles. The normalized spacial score (nSPS) is 15.0. The van der Waals surface area contributed by atoms with Crippen molar-refractivity contribution in [2.24, 2.45) is 5.10 Å². The van der Waals surface area contributed by atoms with E-state index in [2.05, 4.69) is 37.1 Å². The van der Waals surface area contributed by atoms with Gasteiger partial charge in [0.25, 0.3) is 5.91 Å². The van der Waals surface area contributed by atoms with Gasteiger partial charge < -0.3 is 4.74 Å². The van der Waals surface area contributed by atoms with E-state index in [9.17, 15) is 4.79 Å². The summed E-state index contributed by atoms with van der Waals surface area (Å²) in [5.74, 6) is 0.581. The summed E-state index contributed by atoms with van der Waals surface area (Å²) in [5, 5.41) is 10.6. The van der Waals surface area contributed by atoms with Crippen LogP contribution in [-0.4, -0.2) is 28.5 Å². The third-order valence-electron chi connectivity index (χ3n) is 5.75. The molecular formula is C25H26N4O2. The minimum atomic E-state index is -0.152. The zero-order valence-corrected chi connectivity index (χ0v) is 18.7. The third kappa shape index (κ3) is 3.65. The Bertz CT molecular complexity index is 1230. The van der Waals surface area contributed by atoms with Gasteiger partial charge in [-0.3, -0.25) is 4.79 Å². The molecule has 0 aliphatic carbocycles. The second kappa shape index (κ2) is 7.87. The Kier molecular flexibility index (Phi) is 5.23. The average molecular weight is 415 g/mol. The first kappa shape index (κ1) is 20.6. The van der Waals surface area contributed by atoms with Crippen LogP contribution >= 0.6 is 0 Å². The smallest absolute Gasteiger partial charge is 0.280 e. The topological polar surface area (TPSA) is 59.7 Å². The van der Waals surface area contributed by atoms with Crippen LogP contribution in [0.1, 0.15) is 35.0 Å². The van der Waals surface area contributed by atoms with Crippen molar-refractivity contribution in [1.29, 1.82) is 0 Å². The summed E-state index contributed by atoms with van der Waals surface area (Å²) in [6, 6.07) is 13.6. The number of nitrogens with zero attached hydrogens (tertiary/aromatic N) is 4. The number of aromatic nitrogens is 2. The number of amides is 1. The first-order valence-corrected chi connectivity index (χ1v) is 10.2. The molecule has 1 amide bonds. The zero-order chi connectivity index (χ0) is 22.3. The summed E-state index contributed by atoms with van der Waals surface area (Å²) >= 11 is 0. The molecule has 158 valence electrons. The molecule has 2 heterocycles. The summed E-state index contributed by atoms with van der Waals surface area (Å²) in [7, 11) is 1.61. The van der Waals surface area contributed by atoms with Crippen LogP contribution in [-0.2, 0) is 4.79 Å². The Hall–Kier alpha value is -3.67. The lowest BCUT2D eigenvalue weighted by atomic mass is 10.1. The number of ether oxygens (including phenoxy) is 1. The van der Waals surface area contributed by atoms with Gasteiger partial charge in [-0.2, -0.15) is 15.2 Å². The molecule has 0 N–H and O–H groups in total. The fourth-order valence-electron chi connectivity index (χ4n) is 3.70. The van der Waals surface area contributed by atoms with E-state index < -0.39 is 0 Å². The highest BCUT2D eigenvalue weighted by Crippen LogP contribution is 2.28. The van der Waals surface area contributed by atoms with E-state index in [0.717, 1.165) is 28.4 Å². The van der Waals surface area contributed by atoms with Gasteiger partial charge in [-0.25, -0.2) is 4.68 Å². The molecule has 0 spiro atoms. The fourth-order valence-corrected chi connectivity index (χ4v) is 3.70. The molecular weight excluding hydrogens is 388 g/mol. The highest BCUT2D eigenvalue weighted by atomic mass is 16.5. The molecule has 1 aliphatic rings. The summed E-state index contributed by atoms with van der Waals surface area (Å²) in [4.78, 5) is 13.1. The molecule has 0 saturated carbocycles. The van der Waals surface area contributed by atoms with Gasteiger partial charge >= 0.3 is 0 Å². The summed E-state index contributed by atoms with van der Waals surface area (Å²) in [6.45, 7) is 10.0. The molecule has 0 fully saturated rings. The van der Waals surface area contributed by atoms with Gasteiger partial charge in [0.15, 0.2) is 0 Å². The first-order chi connectivity index (χ1) is 14.8. The van der Waals surface area contributed by atoms with E-state index in [1.165, 1.54) is 16.1 Å². The number of carbonyl (C=O) groups is 1. The second-order valence-electron chi connectivity index (χ2n) is 7.82. The molecule has 3 aromatic rings. The molecule has 4 rings (SSSR count). The van der Waals surface area contributed by atoms with Gasteiger partial charge in [-0.1, -0.05) is 6.07 Å². The van der Waals surface area contributed by atoms with Crippen LogP contribution < -0.4 is 9.75 Å². The van der Waals surface area contributed by atoms with Crippen LogP contribution in [0.3, 0.4) is 0 Å². The van der Waals surface area contributed by atoms with Crippen LogP contribution in [0.5, 0.6) is 5.75 Å². The fraction of sp³-hybridized carbons (Fsp3) is 0.240. The standard InChI is InChI=1S/C25H26N4O2/c1-15-7-8-21(13-16(15)2)28-19(5)23(17(3)26-28)14-24-18(4)27-29(25(24)30)20-9-11-22(31-6)12-10-20/h7-14H,1-6H3/b24-14-. The number of aryl methyl sites for hydroxylation is 3. The van der Waals surface area contributed by atoms with Crippen molar-refractivity contribution < 1.29 is 9.53 Å². The molecule has 1 aromatic heterocycles. The molecule has 1 aliphatic heterocycles. The van der Waals surface area contributed by atoms with Crippen LogP contribution in [0, 0.1) is 27.7 Å². The van der Waals surface area contributed by atoms with Gasteiger partial charge in [0.2, 0.25) is 0 Å². The minimum absolute atomic E-state index is 0.152. The Balaban J connectivity index is 1.70. The number of hydrazone groups is 1. The Morgan fingerprint density at radius 2 is 1.58 bits per heavy atom. The SMILES string of the molecule is COc1ccc(N2N=C(C)/C(=C/c3c(C)nn(-c4ccc(C)c(C)c4)c3C)C2=O)cc1. The maximum absolute atomic E-state index is 13.1. The molecule has 0 atom stereocenters. The molecule has 2 aromatic carbocycles. The van der Waals surface area contributed by atoms with E-state index in [0.29, 0.717) is 17.0 Å². The van der Waals surface area contributed by atoms with Gasteiger partial charge in [0.1, 0.15) is 5.75 Å². The lowest BCUT2D eigenvalue weighted by molar-refractivity contribution is -0.114. The monoisotopic (exact) mass is 414 g/mol. The number of hydrogen-bond donors (Lipinski definition) is 0. The van der Waals surface area contributed by atoms with Gasteiger partial charge in [0.05, 0.1) is 35.5 Å². The van der Waals surface area contributed by atoms with Gasteiger partial charge in [-0.05, 0) is 88.2 Å². The predicted molar refractivity (Wildman–Crippen MR) is 124 cm³/mol. The summed E-state index contributed by atoms with van der Waals surface area (Å²) < 4.78 is 7.13. The van der Waals surface area contributed by atoms with E-state index in [1.54, 1.807) is 7.11 Å².